The van der Waals surface area contributed by atoms with Gasteiger partial charge in [-0.25, -0.2) is 0 Å². The number of thioether (sulfide) groups is 1. The molecule has 2 N–H and O–H groups in total. The SMILES string of the molecule is NC(=O)c1ccc(CSc2nnc(COc3ccccc3Cl)n2-c2ccccc2)cc1. The van der Waals surface area contributed by atoms with Crippen molar-refractivity contribution in [1.82, 2.24) is 14.8 Å². The summed E-state index contributed by atoms with van der Waals surface area (Å²) in [6, 6.07) is 24.4. The second-order valence-corrected chi connectivity index (χ2v) is 7.99. The molecule has 0 saturated carbocycles. The van der Waals surface area contributed by atoms with E-state index in [0.717, 1.165) is 16.4 Å². The average Bonchev–Trinajstić information content (AvgIpc) is 3.21. The monoisotopic (exact) mass is 450 g/mol. The summed E-state index contributed by atoms with van der Waals surface area (Å²) in [5, 5.41) is 10.0. The summed E-state index contributed by atoms with van der Waals surface area (Å²) in [6.07, 6.45) is 0. The van der Waals surface area contributed by atoms with Gasteiger partial charge in [-0.15, -0.1) is 10.2 Å². The molecule has 0 saturated heterocycles. The highest BCUT2D eigenvalue weighted by Crippen LogP contribution is 2.27. The van der Waals surface area contributed by atoms with Crippen molar-refractivity contribution in [3.8, 4) is 11.4 Å². The number of rotatable bonds is 8. The van der Waals surface area contributed by atoms with Gasteiger partial charge in [-0.05, 0) is 42.0 Å². The van der Waals surface area contributed by atoms with Crippen LogP contribution in [0.1, 0.15) is 21.7 Å². The van der Waals surface area contributed by atoms with Crippen LogP contribution in [0, 0.1) is 0 Å². The van der Waals surface area contributed by atoms with Gasteiger partial charge >= 0.3 is 0 Å². The fourth-order valence-corrected chi connectivity index (χ4v) is 4.06. The normalized spacial score (nSPS) is 10.7. The first-order chi connectivity index (χ1) is 15.1. The number of halogens is 1. The number of benzene rings is 3. The van der Waals surface area contributed by atoms with Gasteiger partial charge in [-0.1, -0.05) is 65.8 Å². The van der Waals surface area contributed by atoms with Crippen molar-refractivity contribution in [2.45, 2.75) is 17.5 Å². The molecule has 0 bridgehead atoms. The molecule has 3 aromatic carbocycles. The predicted octanol–water partition coefficient (Wildman–Crippen LogP) is 4.89. The minimum absolute atomic E-state index is 0.222. The molecule has 0 unspecified atom stereocenters. The van der Waals surface area contributed by atoms with Gasteiger partial charge in [0.15, 0.2) is 11.0 Å². The average molecular weight is 451 g/mol. The highest BCUT2D eigenvalue weighted by molar-refractivity contribution is 7.98. The molecule has 0 aliphatic rings. The van der Waals surface area contributed by atoms with Gasteiger partial charge < -0.3 is 10.5 Å². The highest BCUT2D eigenvalue weighted by atomic mass is 35.5. The quantitative estimate of drug-likeness (QED) is 0.386. The Bertz CT molecular complexity index is 1180. The van der Waals surface area contributed by atoms with Gasteiger partial charge in [-0.3, -0.25) is 9.36 Å². The number of aromatic nitrogens is 3. The molecule has 0 atom stereocenters. The maximum atomic E-state index is 11.3. The number of amides is 1. The largest absolute Gasteiger partial charge is 0.484 e. The van der Waals surface area contributed by atoms with Crippen LogP contribution >= 0.6 is 23.4 Å². The first kappa shape index (κ1) is 21.0. The minimum atomic E-state index is -0.439. The molecule has 0 aliphatic heterocycles. The van der Waals surface area contributed by atoms with E-state index in [1.165, 1.54) is 0 Å². The molecule has 31 heavy (non-hydrogen) atoms. The summed E-state index contributed by atoms with van der Waals surface area (Å²) in [5.74, 6) is 1.48. The molecule has 0 radical (unpaired) electrons. The lowest BCUT2D eigenvalue weighted by atomic mass is 10.1. The second kappa shape index (κ2) is 9.68. The molecule has 4 rings (SSSR count). The zero-order valence-corrected chi connectivity index (χ0v) is 18.0. The third-order valence-electron chi connectivity index (χ3n) is 4.51. The Labute approximate surface area is 189 Å². The van der Waals surface area contributed by atoms with Gasteiger partial charge in [-0.2, -0.15) is 0 Å². The van der Waals surface area contributed by atoms with Crippen LogP contribution in [0.5, 0.6) is 5.75 Å². The van der Waals surface area contributed by atoms with Crippen molar-refractivity contribution in [1.29, 1.82) is 0 Å². The first-order valence-corrected chi connectivity index (χ1v) is 10.9. The number of carbonyl (C=O) groups excluding carboxylic acids is 1. The zero-order chi connectivity index (χ0) is 21.6. The van der Waals surface area contributed by atoms with E-state index in [1.54, 1.807) is 30.0 Å². The van der Waals surface area contributed by atoms with Crippen LogP contribution in [0.25, 0.3) is 5.69 Å². The molecule has 1 heterocycles. The molecule has 6 nitrogen and oxygen atoms in total. The molecule has 156 valence electrons. The van der Waals surface area contributed by atoms with Crippen LogP contribution < -0.4 is 10.5 Å². The van der Waals surface area contributed by atoms with Crippen molar-refractivity contribution >= 4 is 29.3 Å². The summed E-state index contributed by atoms with van der Waals surface area (Å²) < 4.78 is 7.86. The van der Waals surface area contributed by atoms with Gasteiger partial charge in [0.1, 0.15) is 12.4 Å². The number of hydrogen-bond acceptors (Lipinski definition) is 5. The Kier molecular flexibility index (Phi) is 6.54. The van der Waals surface area contributed by atoms with E-state index in [0.29, 0.717) is 27.9 Å². The topological polar surface area (TPSA) is 83.0 Å². The number of ether oxygens (including phenoxy) is 1. The highest BCUT2D eigenvalue weighted by Gasteiger charge is 2.16. The number of para-hydroxylation sites is 2. The third kappa shape index (κ3) is 5.07. The van der Waals surface area contributed by atoms with Crippen LogP contribution in [-0.4, -0.2) is 20.7 Å². The Balaban J connectivity index is 1.56. The van der Waals surface area contributed by atoms with E-state index < -0.39 is 5.91 Å². The maximum absolute atomic E-state index is 11.3. The van der Waals surface area contributed by atoms with Crippen LogP contribution in [0.15, 0.2) is 84.0 Å². The van der Waals surface area contributed by atoms with Crippen LogP contribution in [-0.2, 0) is 12.4 Å². The summed E-state index contributed by atoms with van der Waals surface area (Å²) in [4.78, 5) is 11.3. The Morgan fingerprint density at radius 3 is 2.39 bits per heavy atom. The molecule has 0 aliphatic carbocycles. The fraction of sp³-hybridized carbons (Fsp3) is 0.0870. The van der Waals surface area contributed by atoms with E-state index in [4.69, 9.17) is 22.1 Å². The van der Waals surface area contributed by atoms with Gasteiger partial charge in [0.05, 0.1) is 5.02 Å². The lowest BCUT2D eigenvalue weighted by molar-refractivity contribution is 0.100. The van der Waals surface area contributed by atoms with E-state index >= 15 is 0 Å². The first-order valence-electron chi connectivity index (χ1n) is 9.50. The van der Waals surface area contributed by atoms with Gasteiger partial charge in [0.2, 0.25) is 5.91 Å². The number of nitrogens with zero attached hydrogens (tertiary/aromatic N) is 3. The Morgan fingerprint density at radius 1 is 0.968 bits per heavy atom. The van der Waals surface area contributed by atoms with Crippen molar-refractivity contribution in [3.05, 3.63) is 101 Å². The molecular weight excluding hydrogens is 432 g/mol. The second-order valence-electron chi connectivity index (χ2n) is 6.64. The standard InChI is InChI=1S/C23H19ClN4O2S/c24-19-8-4-5-9-20(19)30-14-21-26-27-23(28(21)18-6-2-1-3-7-18)31-15-16-10-12-17(13-11-16)22(25)29/h1-13H,14-15H2,(H2,25,29). The predicted molar refractivity (Wildman–Crippen MR) is 122 cm³/mol. The molecule has 4 aromatic rings. The smallest absolute Gasteiger partial charge is 0.248 e. The van der Waals surface area contributed by atoms with Crippen molar-refractivity contribution in [2.24, 2.45) is 5.73 Å². The summed E-state index contributed by atoms with van der Waals surface area (Å²) in [5.41, 5.74) is 7.79. The Morgan fingerprint density at radius 2 is 1.68 bits per heavy atom. The molecule has 1 amide bonds. The van der Waals surface area contributed by atoms with E-state index in [1.807, 2.05) is 65.2 Å². The van der Waals surface area contributed by atoms with E-state index in [9.17, 15) is 4.79 Å². The van der Waals surface area contributed by atoms with Crippen LogP contribution in [0.2, 0.25) is 5.02 Å². The molecule has 0 spiro atoms. The number of primary amides is 1. The maximum Gasteiger partial charge on any atom is 0.248 e. The molecule has 0 fully saturated rings. The van der Waals surface area contributed by atoms with Crippen molar-refractivity contribution < 1.29 is 9.53 Å². The number of carbonyl (C=O) groups is 1. The van der Waals surface area contributed by atoms with E-state index in [-0.39, 0.29) is 6.61 Å². The fourth-order valence-electron chi connectivity index (χ4n) is 2.94. The van der Waals surface area contributed by atoms with Gasteiger partial charge in [0, 0.05) is 17.0 Å². The summed E-state index contributed by atoms with van der Waals surface area (Å²) in [7, 11) is 0. The van der Waals surface area contributed by atoms with Gasteiger partial charge in [0.25, 0.3) is 0 Å². The van der Waals surface area contributed by atoms with Crippen LogP contribution in [0.4, 0.5) is 0 Å². The van der Waals surface area contributed by atoms with E-state index in [2.05, 4.69) is 10.2 Å². The van der Waals surface area contributed by atoms with Crippen molar-refractivity contribution in [3.63, 3.8) is 0 Å². The summed E-state index contributed by atoms with van der Waals surface area (Å²) >= 11 is 7.75. The molecular formula is C23H19ClN4O2S. The lowest BCUT2D eigenvalue weighted by Gasteiger charge is -2.12. The summed E-state index contributed by atoms with van der Waals surface area (Å²) in [6.45, 7) is 0.222. The minimum Gasteiger partial charge on any atom is -0.484 e. The molecule has 8 heteroatoms. The van der Waals surface area contributed by atoms with Crippen LogP contribution in [0.3, 0.4) is 0 Å². The lowest BCUT2D eigenvalue weighted by Crippen LogP contribution is -2.10. The number of nitrogens with two attached hydrogens (primary N) is 1. The Hall–Kier alpha value is -3.29. The van der Waals surface area contributed by atoms with Crippen molar-refractivity contribution in [2.75, 3.05) is 0 Å². The zero-order valence-electron chi connectivity index (χ0n) is 16.4. The third-order valence-corrected chi connectivity index (χ3v) is 5.83. The number of hydrogen-bond donors (Lipinski definition) is 1. The molecule has 1 aromatic heterocycles.